The smallest absolute Gasteiger partial charge is 0.423 e. The molecule has 0 aromatic heterocycles. The number of ether oxygens (including phenoxy) is 1. The number of benzene rings is 2. The molecule has 43 heavy (non-hydrogen) atoms. The summed E-state index contributed by atoms with van der Waals surface area (Å²) >= 11 is 0. The van der Waals surface area contributed by atoms with E-state index in [-0.39, 0.29) is 49.5 Å². The topological polar surface area (TPSA) is 173 Å². The minimum atomic E-state index is -1.11. The Kier molecular flexibility index (Phi) is 8.64. The van der Waals surface area contributed by atoms with Crippen molar-refractivity contribution in [3.63, 3.8) is 0 Å². The van der Waals surface area contributed by atoms with Gasteiger partial charge in [-0.15, -0.1) is 0 Å². The van der Waals surface area contributed by atoms with E-state index in [1.807, 2.05) is 13.8 Å². The standard InChI is InChI=1S/C29H37B2N3O9/c1-15(2)7-20(11-25-29(38)43-25)32-27(36)24-10-21(33-26(35)16-3-5-18-13-41-30(39)22(18)8-16)12-34(24)28(37)17-4-6-19-14-42-31(40)23(19)9-17/h3-6,8-9,15,20-21,24-26,29,33,35,38-40H,7,10-14H2,1-2H3,(H,32,36)/t20-,21?,24-,25?,26?,29?/m0/s1. The minimum absolute atomic E-state index is 0.153. The van der Waals surface area contributed by atoms with Crippen molar-refractivity contribution in [2.45, 2.75) is 83.1 Å². The van der Waals surface area contributed by atoms with E-state index in [4.69, 9.17) is 14.0 Å². The molecule has 2 aromatic rings. The van der Waals surface area contributed by atoms with Crippen molar-refractivity contribution >= 4 is 37.0 Å². The molecule has 0 spiro atoms. The van der Waals surface area contributed by atoms with Crippen LogP contribution in [-0.4, -0.2) is 88.3 Å². The summed E-state index contributed by atoms with van der Waals surface area (Å²) in [6.45, 7) is 4.80. The molecule has 4 unspecified atom stereocenters. The fourth-order valence-corrected chi connectivity index (χ4v) is 6.33. The van der Waals surface area contributed by atoms with E-state index in [0.717, 1.165) is 11.1 Å². The highest BCUT2D eigenvalue weighted by Gasteiger charge is 2.43. The molecule has 0 aliphatic carbocycles. The van der Waals surface area contributed by atoms with Crippen LogP contribution in [0.4, 0.5) is 0 Å². The number of hydrogen-bond donors (Lipinski definition) is 6. The number of hydrogen-bond acceptors (Lipinski definition) is 10. The number of epoxide rings is 1. The molecule has 4 heterocycles. The third-order valence-corrected chi connectivity index (χ3v) is 8.64. The molecular weight excluding hydrogens is 556 g/mol. The van der Waals surface area contributed by atoms with Crippen LogP contribution < -0.4 is 21.6 Å². The number of carbonyl (C=O) groups excluding carboxylic acids is 2. The lowest BCUT2D eigenvalue weighted by Crippen LogP contribution is -2.49. The molecule has 4 aliphatic rings. The molecule has 0 radical (unpaired) electrons. The molecule has 6 atom stereocenters. The first-order valence-corrected chi connectivity index (χ1v) is 14.8. The number of likely N-dealkylation sites (tertiary alicyclic amines) is 1. The van der Waals surface area contributed by atoms with Gasteiger partial charge in [-0.05, 0) is 64.9 Å². The normalized spacial score (nSPS) is 25.6. The highest BCUT2D eigenvalue weighted by molar-refractivity contribution is 6.62. The van der Waals surface area contributed by atoms with Crippen molar-refractivity contribution in [1.29, 1.82) is 0 Å². The number of aliphatic hydroxyl groups is 2. The van der Waals surface area contributed by atoms with Crippen LogP contribution in [0.15, 0.2) is 36.4 Å². The Balaban J connectivity index is 1.21. The van der Waals surface area contributed by atoms with Crippen LogP contribution in [0, 0.1) is 5.92 Å². The lowest BCUT2D eigenvalue weighted by atomic mass is 9.78. The summed E-state index contributed by atoms with van der Waals surface area (Å²) in [7, 11) is -2.16. The maximum atomic E-state index is 13.9. The Morgan fingerprint density at radius 1 is 1.05 bits per heavy atom. The number of aliphatic hydroxyl groups excluding tert-OH is 2. The summed E-state index contributed by atoms with van der Waals surface area (Å²) in [6.07, 6.45) is -0.878. The highest BCUT2D eigenvalue weighted by Crippen LogP contribution is 2.28. The summed E-state index contributed by atoms with van der Waals surface area (Å²) in [5.74, 6) is -0.418. The van der Waals surface area contributed by atoms with Crippen LogP contribution in [0.1, 0.15) is 66.4 Å². The summed E-state index contributed by atoms with van der Waals surface area (Å²) < 4.78 is 15.7. The number of rotatable bonds is 10. The third kappa shape index (κ3) is 6.52. The van der Waals surface area contributed by atoms with Gasteiger partial charge in [0.05, 0.1) is 13.2 Å². The van der Waals surface area contributed by atoms with Crippen LogP contribution in [-0.2, 0) is 32.1 Å². The van der Waals surface area contributed by atoms with Gasteiger partial charge in [0.1, 0.15) is 18.4 Å². The summed E-state index contributed by atoms with van der Waals surface area (Å²) in [5.41, 5.74) is 3.63. The van der Waals surface area contributed by atoms with Crippen LogP contribution in [0.5, 0.6) is 0 Å². The van der Waals surface area contributed by atoms with Gasteiger partial charge in [0.2, 0.25) is 5.91 Å². The Bertz CT molecular complexity index is 1380. The molecule has 12 nitrogen and oxygen atoms in total. The van der Waals surface area contributed by atoms with Gasteiger partial charge in [-0.1, -0.05) is 38.1 Å². The molecule has 14 heteroatoms. The molecular formula is C29H37B2N3O9. The SMILES string of the molecule is CC(C)C[C@@H](CC1OC1O)NC(=O)[C@@H]1CC(NC(O)c2ccc3c(c2)B(O)OC3)CN1C(=O)c1ccc2c(c1)B(O)OC2. The zero-order chi connectivity index (χ0) is 30.4. The van der Waals surface area contributed by atoms with Gasteiger partial charge in [-0.25, -0.2) is 0 Å². The molecule has 228 valence electrons. The number of fused-ring (bicyclic) bond motifs is 2. The van der Waals surface area contributed by atoms with Crippen LogP contribution in [0.3, 0.4) is 0 Å². The second-order valence-electron chi connectivity index (χ2n) is 12.3. The van der Waals surface area contributed by atoms with E-state index in [1.165, 1.54) is 4.90 Å². The monoisotopic (exact) mass is 593 g/mol. The maximum Gasteiger partial charge on any atom is 0.491 e. The summed E-state index contributed by atoms with van der Waals surface area (Å²) in [5, 5.41) is 47.3. The average molecular weight is 593 g/mol. The van der Waals surface area contributed by atoms with Gasteiger partial charge in [0.25, 0.3) is 5.91 Å². The number of carbonyl (C=O) groups is 2. The maximum absolute atomic E-state index is 13.9. The second kappa shape index (κ2) is 12.3. The van der Waals surface area contributed by atoms with Crippen molar-refractivity contribution in [1.82, 2.24) is 15.5 Å². The molecule has 4 aliphatic heterocycles. The molecule has 2 aromatic carbocycles. The zero-order valence-corrected chi connectivity index (χ0v) is 24.2. The van der Waals surface area contributed by atoms with Gasteiger partial charge >= 0.3 is 14.2 Å². The Hall–Kier alpha value is -2.81. The largest absolute Gasteiger partial charge is 0.491 e. The van der Waals surface area contributed by atoms with Crippen molar-refractivity contribution in [3.05, 3.63) is 58.7 Å². The van der Waals surface area contributed by atoms with Gasteiger partial charge < -0.3 is 44.5 Å². The third-order valence-electron chi connectivity index (χ3n) is 8.64. The lowest BCUT2D eigenvalue weighted by molar-refractivity contribution is -0.125. The zero-order valence-electron chi connectivity index (χ0n) is 24.2. The van der Waals surface area contributed by atoms with E-state index in [2.05, 4.69) is 10.6 Å². The quantitative estimate of drug-likeness (QED) is 0.110. The van der Waals surface area contributed by atoms with E-state index < -0.39 is 38.8 Å². The second-order valence-corrected chi connectivity index (χ2v) is 12.3. The first kappa shape index (κ1) is 30.2. The number of nitrogens with zero attached hydrogens (tertiary/aromatic N) is 1. The van der Waals surface area contributed by atoms with E-state index in [9.17, 15) is 29.9 Å². The molecule has 0 bridgehead atoms. The van der Waals surface area contributed by atoms with E-state index in [0.29, 0.717) is 41.5 Å². The predicted octanol–water partition coefficient (Wildman–Crippen LogP) is -1.38. The Morgan fingerprint density at radius 3 is 2.35 bits per heavy atom. The van der Waals surface area contributed by atoms with E-state index >= 15 is 0 Å². The van der Waals surface area contributed by atoms with Gasteiger partial charge in [0, 0.05) is 24.2 Å². The van der Waals surface area contributed by atoms with Crippen LogP contribution >= 0.6 is 0 Å². The molecule has 6 N–H and O–H groups in total. The van der Waals surface area contributed by atoms with Gasteiger partial charge in [-0.2, -0.15) is 0 Å². The molecule has 0 saturated carbocycles. The van der Waals surface area contributed by atoms with E-state index in [1.54, 1.807) is 36.4 Å². The van der Waals surface area contributed by atoms with Crippen molar-refractivity contribution in [2.75, 3.05) is 6.54 Å². The van der Waals surface area contributed by atoms with Crippen LogP contribution in [0.2, 0.25) is 0 Å². The molecule has 2 saturated heterocycles. The van der Waals surface area contributed by atoms with Crippen LogP contribution in [0.25, 0.3) is 0 Å². The summed E-state index contributed by atoms with van der Waals surface area (Å²) in [6, 6.07) is 8.74. The lowest BCUT2D eigenvalue weighted by Gasteiger charge is -2.27. The molecule has 2 amide bonds. The minimum Gasteiger partial charge on any atom is -0.423 e. The molecule has 2 fully saturated rings. The van der Waals surface area contributed by atoms with Gasteiger partial charge in [0.15, 0.2) is 6.29 Å². The average Bonchev–Trinajstić information content (AvgIpc) is 3.29. The van der Waals surface area contributed by atoms with Gasteiger partial charge in [-0.3, -0.25) is 14.9 Å². The first-order valence-electron chi connectivity index (χ1n) is 14.8. The Labute approximate surface area is 250 Å². The van der Waals surface area contributed by atoms with Crippen molar-refractivity contribution in [3.8, 4) is 0 Å². The highest BCUT2D eigenvalue weighted by atomic mass is 16.7. The van der Waals surface area contributed by atoms with Crippen molar-refractivity contribution < 1.29 is 43.9 Å². The predicted molar refractivity (Wildman–Crippen MR) is 156 cm³/mol. The fourth-order valence-electron chi connectivity index (χ4n) is 6.33. The summed E-state index contributed by atoms with van der Waals surface area (Å²) in [4.78, 5) is 29.1. The number of amides is 2. The fraction of sp³-hybridized carbons (Fsp3) is 0.517. The number of nitrogens with one attached hydrogen (secondary N) is 2. The van der Waals surface area contributed by atoms with Crippen molar-refractivity contribution in [2.24, 2.45) is 5.92 Å². The first-order chi connectivity index (χ1) is 20.6. The molecule has 6 rings (SSSR count). The Morgan fingerprint density at radius 2 is 1.70 bits per heavy atom.